The minimum Gasteiger partial charge on any atom is -0.259 e. The Balaban J connectivity index is 1.76. The molecule has 0 bridgehead atoms. The Bertz CT molecular complexity index is 1560. The van der Waals surface area contributed by atoms with E-state index >= 15 is 0 Å². The molecule has 1 aliphatic rings. The molecule has 3 nitrogen and oxygen atoms in total. The van der Waals surface area contributed by atoms with E-state index in [4.69, 9.17) is 0 Å². The van der Waals surface area contributed by atoms with Crippen molar-refractivity contribution >= 4 is 53.1 Å². The Morgan fingerprint density at radius 2 is 1.60 bits per heavy atom. The van der Waals surface area contributed by atoms with Crippen LogP contribution in [0.25, 0.3) is 41.7 Å². The topological polar surface area (TPSA) is 43.1 Å². The molecular weight excluding hydrogens is 390 g/mol. The van der Waals surface area contributed by atoms with Gasteiger partial charge in [-0.2, -0.15) is 0 Å². The summed E-state index contributed by atoms with van der Waals surface area (Å²) in [6.45, 7) is 0. The molecule has 0 amide bonds. The quantitative estimate of drug-likeness (QED) is 0.224. The van der Waals surface area contributed by atoms with Gasteiger partial charge in [-0.25, -0.2) is 0 Å². The summed E-state index contributed by atoms with van der Waals surface area (Å²) in [7, 11) is 0. The van der Waals surface area contributed by atoms with Gasteiger partial charge in [0.05, 0.1) is 10.8 Å². The van der Waals surface area contributed by atoms with E-state index in [1.54, 1.807) is 23.5 Å². The van der Waals surface area contributed by atoms with Crippen LogP contribution in [-0.4, -0.2) is 4.92 Å². The summed E-state index contributed by atoms with van der Waals surface area (Å²) in [5.74, 6) is -0.235. The maximum absolute atomic E-state index is 11.7. The maximum Gasteiger partial charge on any atom is 0.253 e. The van der Waals surface area contributed by atoms with Gasteiger partial charge in [0.2, 0.25) is 0 Å². The fraction of sp³-hybridized carbons (Fsp3) is 0.0769. The van der Waals surface area contributed by atoms with Gasteiger partial charge in [0, 0.05) is 26.2 Å². The van der Waals surface area contributed by atoms with Gasteiger partial charge in [-0.1, -0.05) is 66.7 Å². The lowest BCUT2D eigenvalue weighted by atomic mass is 9.85. The highest BCUT2D eigenvalue weighted by Gasteiger charge is 2.29. The lowest BCUT2D eigenvalue weighted by molar-refractivity contribution is -0.430. The summed E-state index contributed by atoms with van der Waals surface area (Å²) in [4.78, 5) is 11.5. The molecule has 6 rings (SSSR count). The van der Waals surface area contributed by atoms with Gasteiger partial charge in [0.1, 0.15) is 0 Å². The molecule has 1 aliphatic carbocycles. The number of hydrogen-bond acceptors (Lipinski definition) is 3. The summed E-state index contributed by atoms with van der Waals surface area (Å²) in [6, 6.07) is 23.4. The summed E-state index contributed by atoms with van der Waals surface area (Å²) in [6.07, 6.45) is 6.11. The van der Waals surface area contributed by atoms with Gasteiger partial charge in [-0.3, -0.25) is 10.1 Å². The Labute approximate surface area is 176 Å². The smallest absolute Gasteiger partial charge is 0.253 e. The molecule has 1 unspecified atom stereocenters. The lowest BCUT2D eigenvalue weighted by Gasteiger charge is -2.18. The fourth-order valence-electron chi connectivity index (χ4n) is 4.81. The third-order valence-corrected chi connectivity index (χ3v) is 7.22. The van der Waals surface area contributed by atoms with Crippen molar-refractivity contribution in [3.05, 3.63) is 106 Å². The summed E-state index contributed by atoms with van der Waals surface area (Å²) in [5, 5.41) is 19.0. The Morgan fingerprint density at radius 1 is 0.867 bits per heavy atom. The van der Waals surface area contributed by atoms with Crippen LogP contribution in [-0.2, 0) is 0 Å². The molecule has 1 aromatic heterocycles. The first-order valence-corrected chi connectivity index (χ1v) is 10.8. The SMILES string of the molecule is O=[N+]([O-])C1=CC=CCC1c1cc2sc3ccc4ccccc4c3c2c2ccccc12. The van der Waals surface area contributed by atoms with Crippen LogP contribution in [0.1, 0.15) is 17.9 Å². The van der Waals surface area contributed by atoms with Crippen molar-refractivity contribution in [2.45, 2.75) is 12.3 Å². The molecule has 0 saturated heterocycles. The summed E-state index contributed by atoms with van der Waals surface area (Å²) in [5.41, 5.74) is 1.31. The van der Waals surface area contributed by atoms with Crippen LogP contribution in [0.5, 0.6) is 0 Å². The largest absolute Gasteiger partial charge is 0.259 e. The lowest BCUT2D eigenvalue weighted by Crippen LogP contribution is -2.12. The zero-order valence-electron chi connectivity index (χ0n) is 16.0. The molecule has 0 saturated carbocycles. The molecule has 1 atom stereocenters. The van der Waals surface area contributed by atoms with Crippen LogP contribution >= 0.6 is 11.3 Å². The number of thiophene rings is 1. The van der Waals surface area contributed by atoms with Crippen molar-refractivity contribution in [2.24, 2.45) is 0 Å². The van der Waals surface area contributed by atoms with Crippen LogP contribution in [0.4, 0.5) is 0 Å². The van der Waals surface area contributed by atoms with E-state index < -0.39 is 0 Å². The van der Waals surface area contributed by atoms with E-state index in [1.165, 1.54) is 36.3 Å². The third kappa shape index (κ3) is 2.44. The van der Waals surface area contributed by atoms with E-state index in [2.05, 4.69) is 60.7 Å². The molecule has 30 heavy (non-hydrogen) atoms. The van der Waals surface area contributed by atoms with Gasteiger partial charge in [-0.05, 0) is 45.7 Å². The number of hydrogen-bond donors (Lipinski definition) is 0. The van der Waals surface area contributed by atoms with E-state index in [9.17, 15) is 10.1 Å². The molecule has 0 N–H and O–H groups in total. The number of rotatable bonds is 2. The van der Waals surface area contributed by atoms with Crippen molar-refractivity contribution in [1.82, 2.24) is 0 Å². The zero-order chi connectivity index (χ0) is 20.2. The number of benzene rings is 4. The Morgan fingerprint density at radius 3 is 2.43 bits per heavy atom. The van der Waals surface area contributed by atoms with Crippen LogP contribution in [0, 0.1) is 10.1 Å². The van der Waals surface area contributed by atoms with Gasteiger partial charge in [0.15, 0.2) is 0 Å². The predicted octanol–water partition coefficient (Wildman–Crippen LogP) is 7.57. The number of allylic oxidation sites excluding steroid dienone is 4. The van der Waals surface area contributed by atoms with Crippen molar-refractivity contribution in [3.8, 4) is 0 Å². The van der Waals surface area contributed by atoms with Gasteiger partial charge in [-0.15, -0.1) is 11.3 Å². The minimum absolute atomic E-state index is 0.231. The molecule has 4 aromatic carbocycles. The average molecular weight is 407 g/mol. The highest BCUT2D eigenvalue weighted by Crippen LogP contribution is 2.45. The first kappa shape index (κ1) is 17.4. The molecular formula is C26H17NO2S. The van der Waals surface area contributed by atoms with Crippen LogP contribution in [0.3, 0.4) is 0 Å². The second kappa shape index (κ2) is 6.51. The summed E-state index contributed by atoms with van der Waals surface area (Å²) < 4.78 is 2.44. The standard InChI is InChI=1S/C26H17NO2S/c28-27(29)22-12-6-5-10-19(22)21-15-24-26(20-11-4-3-9-18(20)21)25-17-8-2-1-7-16(17)13-14-23(25)30-24/h1-9,11-15,19H,10H2. The van der Waals surface area contributed by atoms with Gasteiger partial charge < -0.3 is 0 Å². The monoisotopic (exact) mass is 407 g/mol. The fourth-order valence-corrected chi connectivity index (χ4v) is 6.00. The second-order valence-corrected chi connectivity index (χ2v) is 8.80. The van der Waals surface area contributed by atoms with Crippen LogP contribution in [0.2, 0.25) is 0 Å². The van der Waals surface area contributed by atoms with Gasteiger partial charge in [0.25, 0.3) is 5.70 Å². The van der Waals surface area contributed by atoms with E-state index in [0.717, 1.165) is 10.9 Å². The van der Waals surface area contributed by atoms with E-state index in [1.807, 2.05) is 12.1 Å². The first-order valence-electron chi connectivity index (χ1n) is 9.99. The molecule has 0 aliphatic heterocycles. The minimum atomic E-state index is -0.235. The Kier molecular flexibility index (Phi) is 3.77. The second-order valence-electron chi connectivity index (χ2n) is 7.71. The van der Waals surface area contributed by atoms with Crippen molar-refractivity contribution in [3.63, 3.8) is 0 Å². The van der Waals surface area contributed by atoms with E-state index in [-0.39, 0.29) is 16.5 Å². The molecule has 144 valence electrons. The molecule has 0 radical (unpaired) electrons. The third-order valence-electron chi connectivity index (χ3n) is 6.12. The van der Waals surface area contributed by atoms with Crippen LogP contribution < -0.4 is 0 Å². The molecule has 0 spiro atoms. The molecule has 1 heterocycles. The van der Waals surface area contributed by atoms with Crippen molar-refractivity contribution in [1.29, 1.82) is 0 Å². The highest BCUT2D eigenvalue weighted by atomic mass is 32.1. The average Bonchev–Trinajstić information content (AvgIpc) is 3.18. The normalized spacial score (nSPS) is 16.5. The van der Waals surface area contributed by atoms with Crippen LogP contribution in [0.15, 0.2) is 90.7 Å². The number of fused-ring (bicyclic) bond motifs is 7. The summed E-state index contributed by atoms with van der Waals surface area (Å²) >= 11 is 1.77. The van der Waals surface area contributed by atoms with Gasteiger partial charge >= 0.3 is 0 Å². The Hall–Kier alpha value is -3.50. The molecule has 5 aromatic rings. The number of nitrogens with zero attached hydrogens (tertiary/aromatic N) is 1. The number of nitro groups is 1. The molecule has 4 heteroatoms. The highest BCUT2D eigenvalue weighted by molar-refractivity contribution is 7.26. The van der Waals surface area contributed by atoms with E-state index in [0.29, 0.717) is 6.42 Å². The first-order chi connectivity index (χ1) is 14.7. The zero-order valence-corrected chi connectivity index (χ0v) is 16.9. The predicted molar refractivity (Wildman–Crippen MR) is 126 cm³/mol. The molecule has 0 fully saturated rings. The van der Waals surface area contributed by atoms with Crippen molar-refractivity contribution in [2.75, 3.05) is 0 Å². The van der Waals surface area contributed by atoms with Crippen molar-refractivity contribution < 1.29 is 4.92 Å². The maximum atomic E-state index is 11.7.